The molecular weight excluding hydrogens is 318 g/mol. The quantitative estimate of drug-likeness (QED) is 0.250. The Kier molecular flexibility index (Phi) is 3.63. The van der Waals surface area contributed by atoms with Crippen molar-refractivity contribution in [1.82, 2.24) is 0 Å². The van der Waals surface area contributed by atoms with Gasteiger partial charge in [-0.1, -0.05) is 54.1 Å². The van der Waals surface area contributed by atoms with Gasteiger partial charge < -0.3 is 5.73 Å². The Morgan fingerprint density at radius 3 is 2.29 bits per heavy atom. The first-order chi connectivity index (χ1) is 11.7. The smallest absolute Gasteiger partial charge is 0.117 e. The Labute approximate surface area is 144 Å². The molecule has 0 aliphatic rings. The molecule has 116 valence electrons. The second-order valence-electron chi connectivity index (χ2n) is 5.57. The van der Waals surface area contributed by atoms with Gasteiger partial charge in [-0.15, -0.1) is 5.11 Å². The lowest BCUT2D eigenvalue weighted by Crippen LogP contribution is -1.87. The summed E-state index contributed by atoms with van der Waals surface area (Å²) in [6.45, 7) is 0. The fraction of sp³-hybridized carbons (Fsp3) is 0. The van der Waals surface area contributed by atoms with E-state index in [0.29, 0.717) is 16.4 Å². The zero-order valence-corrected chi connectivity index (χ0v) is 13.5. The average Bonchev–Trinajstić information content (AvgIpc) is 2.61. The SMILES string of the molecule is Nc1ccc2ccc3ccc(Cl)cc3c2c1N=Nc1ccccc1. The summed E-state index contributed by atoms with van der Waals surface area (Å²) in [5, 5.41) is 13.6. The molecule has 4 aromatic carbocycles. The Hall–Kier alpha value is -2.91. The maximum atomic E-state index is 6.20. The molecule has 4 rings (SSSR count). The summed E-state index contributed by atoms with van der Waals surface area (Å²) in [4.78, 5) is 0. The molecular formula is C20H14ClN3. The molecule has 0 bridgehead atoms. The summed E-state index contributed by atoms with van der Waals surface area (Å²) >= 11 is 6.20. The van der Waals surface area contributed by atoms with Gasteiger partial charge in [0.2, 0.25) is 0 Å². The lowest BCUT2D eigenvalue weighted by Gasteiger charge is -2.09. The number of benzene rings is 4. The number of anilines is 1. The maximum Gasteiger partial charge on any atom is 0.117 e. The van der Waals surface area contributed by atoms with E-state index in [2.05, 4.69) is 22.4 Å². The molecule has 0 radical (unpaired) electrons. The van der Waals surface area contributed by atoms with Crippen LogP contribution in [0.25, 0.3) is 21.5 Å². The summed E-state index contributed by atoms with van der Waals surface area (Å²) in [6.07, 6.45) is 0. The van der Waals surface area contributed by atoms with Gasteiger partial charge >= 0.3 is 0 Å². The van der Waals surface area contributed by atoms with E-state index in [-0.39, 0.29) is 0 Å². The maximum absolute atomic E-state index is 6.20. The van der Waals surface area contributed by atoms with Crippen molar-refractivity contribution < 1.29 is 0 Å². The van der Waals surface area contributed by atoms with Gasteiger partial charge in [0.1, 0.15) is 5.69 Å². The van der Waals surface area contributed by atoms with Crippen molar-refractivity contribution in [2.75, 3.05) is 5.73 Å². The molecule has 2 N–H and O–H groups in total. The minimum absolute atomic E-state index is 0.592. The summed E-state index contributed by atoms with van der Waals surface area (Å²) in [5.41, 5.74) is 8.24. The predicted octanol–water partition coefficient (Wildman–Crippen LogP) is 6.64. The van der Waals surface area contributed by atoms with E-state index in [1.165, 1.54) is 0 Å². The van der Waals surface area contributed by atoms with E-state index < -0.39 is 0 Å². The number of halogens is 1. The van der Waals surface area contributed by atoms with Crippen LogP contribution in [0.15, 0.2) is 83.0 Å². The molecule has 0 aliphatic carbocycles. The first-order valence-corrected chi connectivity index (χ1v) is 7.97. The molecule has 0 amide bonds. The number of nitrogen functional groups attached to an aromatic ring is 1. The van der Waals surface area contributed by atoms with Gasteiger partial charge in [0.05, 0.1) is 11.4 Å². The van der Waals surface area contributed by atoms with Crippen molar-refractivity contribution >= 4 is 50.2 Å². The predicted molar refractivity (Wildman–Crippen MR) is 101 cm³/mol. The van der Waals surface area contributed by atoms with Crippen LogP contribution in [0.1, 0.15) is 0 Å². The molecule has 0 aliphatic heterocycles. The van der Waals surface area contributed by atoms with Gasteiger partial charge in [-0.25, -0.2) is 0 Å². The molecule has 0 saturated carbocycles. The standard InChI is InChI=1S/C20H14ClN3/c21-15-10-8-13-6-7-14-9-11-18(22)20(19(14)17(13)12-15)24-23-16-4-2-1-3-5-16/h1-12H,22H2. The molecule has 0 spiro atoms. The van der Waals surface area contributed by atoms with Crippen LogP contribution in [0.5, 0.6) is 0 Å². The Balaban J connectivity index is 2.01. The third kappa shape index (κ3) is 2.59. The van der Waals surface area contributed by atoms with Gasteiger partial charge in [0.15, 0.2) is 0 Å². The first kappa shape index (κ1) is 14.7. The highest BCUT2D eigenvalue weighted by Gasteiger charge is 2.09. The van der Waals surface area contributed by atoms with Crippen LogP contribution in [-0.4, -0.2) is 0 Å². The summed E-state index contributed by atoms with van der Waals surface area (Å²) < 4.78 is 0. The summed E-state index contributed by atoms with van der Waals surface area (Å²) in [6, 6.07) is 23.4. The lowest BCUT2D eigenvalue weighted by molar-refractivity contribution is 1.24. The summed E-state index contributed by atoms with van der Waals surface area (Å²) in [5.74, 6) is 0. The van der Waals surface area contributed by atoms with Gasteiger partial charge in [0.25, 0.3) is 0 Å². The largest absolute Gasteiger partial charge is 0.397 e. The van der Waals surface area contributed by atoms with Crippen LogP contribution in [0.4, 0.5) is 17.1 Å². The van der Waals surface area contributed by atoms with Crippen LogP contribution < -0.4 is 5.73 Å². The second-order valence-corrected chi connectivity index (χ2v) is 6.00. The minimum atomic E-state index is 0.592. The first-order valence-electron chi connectivity index (χ1n) is 7.59. The molecule has 0 heterocycles. The van der Waals surface area contributed by atoms with Gasteiger partial charge in [-0.3, -0.25) is 0 Å². The van der Waals surface area contributed by atoms with Crippen LogP contribution in [0, 0.1) is 0 Å². The van der Waals surface area contributed by atoms with E-state index in [1.807, 2.05) is 60.7 Å². The van der Waals surface area contributed by atoms with Crippen LogP contribution in [-0.2, 0) is 0 Å². The van der Waals surface area contributed by atoms with Crippen LogP contribution in [0.3, 0.4) is 0 Å². The highest BCUT2D eigenvalue weighted by molar-refractivity contribution is 6.32. The molecule has 0 saturated heterocycles. The third-order valence-corrected chi connectivity index (χ3v) is 4.23. The van der Waals surface area contributed by atoms with E-state index in [4.69, 9.17) is 17.3 Å². The number of azo groups is 1. The van der Waals surface area contributed by atoms with Gasteiger partial charge in [-0.05, 0) is 46.5 Å². The molecule has 0 aromatic heterocycles. The Morgan fingerprint density at radius 1 is 0.750 bits per heavy atom. The molecule has 24 heavy (non-hydrogen) atoms. The van der Waals surface area contributed by atoms with Gasteiger partial charge in [0, 0.05) is 10.4 Å². The second kappa shape index (κ2) is 5.95. The number of hydrogen-bond donors (Lipinski definition) is 1. The molecule has 0 atom stereocenters. The zero-order chi connectivity index (χ0) is 16.5. The zero-order valence-electron chi connectivity index (χ0n) is 12.8. The number of fused-ring (bicyclic) bond motifs is 3. The van der Waals surface area contributed by atoms with Crippen molar-refractivity contribution in [3.05, 3.63) is 77.8 Å². The van der Waals surface area contributed by atoms with E-state index >= 15 is 0 Å². The van der Waals surface area contributed by atoms with Crippen molar-refractivity contribution in [1.29, 1.82) is 0 Å². The van der Waals surface area contributed by atoms with Crippen molar-refractivity contribution in [2.24, 2.45) is 10.2 Å². The molecule has 3 nitrogen and oxygen atoms in total. The van der Waals surface area contributed by atoms with Crippen LogP contribution in [0.2, 0.25) is 5.02 Å². The number of rotatable bonds is 2. The van der Waals surface area contributed by atoms with Crippen LogP contribution >= 0.6 is 11.6 Å². The summed E-state index contributed by atoms with van der Waals surface area (Å²) in [7, 11) is 0. The number of nitrogens with zero attached hydrogens (tertiary/aromatic N) is 2. The molecule has 0 fully saturated rings. The van der Waals surface area contributed by atoms with Gasteiger partial charge in [-0.2, -0.15) is 5.11 Å². The lowest BCUT2D eigenvalue weighted by atomic mass is 10.00. The van der Waals surface area contributed by atoms with E-state index in [9.17, 15) is 0 Å². The highest BCUT2D eigenvalue weighted by Crippen LogP contribution is 2.38. The number of hydrogen-bond acceptors (Lipinski definition) is 3. The fourth-order valence-corrected chi connectivity index (χ4v) is 3.00. The topological polar surface area (TPSA) is 50.7 Å². The molecule has 4 heteroatoms. The van der Waals surface area contributed by atoms with Crippen molar-refractivity contribution in [3.8, 4) is 0 Å². The molecule has 4 aromatic rings. The van der Waals surface area contributed by atoms with Crippen molar-refractivity contribution in [2.45, 2.75) is 0 Å². The highest BCUT2D eigenvalue weighted by atomic mass is 35.5. The average molecular weight is 332 g/mol. The Bertz CT molecular complexity index is 1070. The Morgan fingerprint density at radius 2 is 1.46 bits per heavy atom. The minimum Gasteiger partial charge on any atom is -0.397 e. The van der Waals surface area contributed by atoms with Crippen molar-refractivity contribution in [3.63, 3.8) is 0 Å². The van der Waals surface area contributed by atoms with E-state index in [1.54, 1.807) is 0 Å². The normalized spacial score (nSPS) is 11.5. The number of nitrogens with two attached hydrogens (primary N) is 1. The third-order valence-electron chi connectivity index (χ3n) is 3.99. The fourth-order valence-electron chi connectivity index (χ4n) is 2.82. The van der Waals surface area contributed by atoms with E-state index in [0.717, 1.165) is 27.2 Å². The monoisotopic (exact) mass is 331 g/mol. The molecule has 0 unspecified atom stereocenters.